The largest absolute Gasteiger partial charge is 0.491 e. The Balaban J connectivity index is 2.21. The molecule has 1 aromatic carbocycles. The predicted molar refractivity (Wildman–Crippen MR) is 81.7 cm³/mol. The van der Waals surface area contributed by atoms with Crippen molar-refractivity contribution in [3.63, 3.8) is 0 Å². The Bertz CT molecular complexity index is 423. The molecule has 0 heterocycles. The van der Waals surface area contributed by atoms with Crippen molar-refractivity contribution in [3.8, 4) is 5.75 Å². The van der Waals surface area contributed by atoms with Crippen LogP contribution in [0.15, 0.2) is 24.3 Å². The molecule has 0 fully saturated rings. The van der Waals surface area contributed by atoms with Crippen LogP contribution in [0.25, 0.3) is 0 Å². The highest BCUT2D eigenvalue weighted by Gasteiger charge is 2.13. The second-order valence-corrected chi connectivity index (χ2v) is 5.02. The lowest BCUT2D eigenvalue weighted by Gasteiger charge is -2.20. The van der Waals surface area contributed by atoms with E-state index in [0.29, 0.717) is 12.3 Å². The van der Waals surface area contributed by atoms with Crippen LogP contribution in [-0.2, 0) is 4.79 Å². The van der Waals surface area contributed by atoms with Crippen LogP contribution >= 0.6 is 0 Å². The number of benzene rings is 1. The van der Waals surface area contributed by atoms with E-state index < -0.39 is 0 Å². The van der Waals surface area contributed by atoms with Crippen molar-refractivity contribution in [2.24, 2.45) is 5.92 Å². The first-order chi connectivity index (χ1) is 9.54. The molecule has 1 unspecified atom stereocenters. The fraction of sp³-hybridized carbons (Fsp3) is 0.533. The first kappa shape index (κ1) is 16.3. The summed E-state index contributed by atoms with van der Waals surface area (Å²) in [6, 6.07) is 7.48. The molecule has 0 radical (unpaired) electrons. The van der Waals surface area contributed by atoms with E-state index in [1.165, 1.54) is 0 Å². The highest BCUT2D eigenvalue weighted by atomic mass is 16.5. The molecule has 0 aromatic heterocycles. The van der Waals surface area contributed by atoms with Crippen molar-refractivity contribution < 1.29 is 9.53 Å². The zero-order valence-electron chi connectivity index (χ0n) is 12.6. The van der Waals surface area contributed by atoms with Gasteiger partial charge in [-0.2, -0.15) is 0 Å². The number of para-hydroxylation sites is 2. The number of ether oxygens (including phenoxy) is 1. The van der Waals surface area contributed by atoms with E-state index in [9.17, 15) is 4.79 Å². The second kappa shape index (κ2) is 8.43. The van der Waals surface area contributed by atoms with Crippen molar-refractivity contribution in [2.45, 2.75) is 13.3 Å². The highest BCUT2D eigenvalue weighted by Crippen LogP contribution is 2.19. The van der Waals surface area contributed by atoms with E-state index in [0.717, 1.165) is 25.3 Å². The van der Waals surface area contributed by atoms with Gasteiger partial charge in [0.15, 0.2) is 0 Å². The minimum absolute atomic E-state index is 0.00399. The Morgan fingerprint density at radius 2 is 2.15 bits per heavy atom. The summed E-state index contributed by atoms with van der Waals surface area (Å²) in [6.45, 7) is 4.17. The Kier molecular flexibility index (Phi) is 6.87. The van der Waals surface area contributed by atoms with Crippen LogP contribution < -0.4 is 15.8 Å². The molecule has 0 aliphatic carbocycles. The molecule has 0 aliphatic rings. The fourth-order valence-electron chi connectivity index (χ4n) is 2.02. The minimum Gasteiger partial charge on any atom is -0.491 e. The Labute approximate surface area is 121 Å². The molecule has 3 N–H and O–H groups in total. The monoisotopic (exact) mass is 279 g/mol. The van der Waals surface area contributed by atoms with Gasteiger partial charge in [-0.1, -0.05) is 19.1 Å². The standard InChI is InChI=1S/C15H25N3O2/c1-12(15(19)17-2)11-18(3)9-6-10-20-14-8-5-4-7-13(14)16/h4-5,7-8,12H,6,9-11,16H2,1-3H3,(H,17,19). The number of amides is 1. The number of anilines is 1. The maximum Gasteiger partial charge on any atom is 0.223 e. The van der Waals surface area contributed by atoms with Crippen LogP contribution in [0.1, 0.15) is 13.3 Å². The average molecular weight is 279 g/mol. The van der Waals surface area contributed by atoms with Crippen molar-refractivity contribution in [1.29, 1.82) is 0 Å². The number of carbonyl (C=O) groups is 1. The highest BCUT2D eigenvalue weighted by molar-refractivity contribution is 5.78. The molecule has 1 atom stereocenters. The van der Waals surface area contributed by atoms with Crippen molar-refractivity contribution in [2.75, 3.05) is 39.5 Å². The van der Waals surface area contributed by atoms with Crippen molar-refractivity contribution in [1.82, 2.24) is 10.2 Å². The van der Waals surface area contributed by atoms with E-state index in [-0.39, 0.29) is 11.8 Å². The number of rotatable bonds is 8. The van der Waals surface area contributed by atoms with Gasteiger partial charge in [-0.15, -0.1) is 0 Å². The Morgan fingerprint density at radius 1 is 1.45 bits per heavy atom. The van der Waals surface area contributed by atoms with Gasteiger partial charge >= 0.3 is 0 Å². The zero-order valence-corrected chi connectivity index (χ0v) is 12.6. The SMILES string of the molecule is CNC(=O)C(C)CN(C)CCCOc1ccccc1N. The third kappa shape index (κ3) is 5.48. The van der Waals surface area contributed by atoms with Gasteiger partial charge in [-0.05, 0) is 25.6 Å². The number of nitrogen functional groups attached to an aromatic ring is 1. The maximum atomic E-state index is 11.4. The van der Waals surface area contributed by atoms with Gasteiger partial charge in [0.25, 0.3) is 0 Å². The summed E-state index contributed by atoms with van der Waals surface area (Å²) in [7, 11) is 3.67. The topological polar surface area (TPSA) is 67.6 Å². The molecule has 0 bridgehead atoms. The lowest BCUT2D eigenvalue weighted by molar-refractivity contribution is -0.124. The van der Waals surface area contributed by atoms with Gasteiger partial charge in [-0.3, -0.25) is 4.79 Å². The molecule has 5 heteroatoms. The first-order valence-corrected chi connectivity index (χ1v) is 6.92. The Morgan fingerprint density at radius 3 is 2.80 bits per heavy atom. The molecular weight excluding hydrogens is 254 g/mol. The fourth-order valence-corrected chi connectivity index (χ4v) is 2.02. The maximum absolute atomic E-state index is 11.4. The third-order valence-electron chi connectivity index (χ3n) is 3.14. The quantitative estimate of drug-likeness (QED) is 0.557. The summed E-state index contributed by atoms with van der Waals surface area (Å²) in [6.07, 6.45) is 0.894. The molecular formula is C15H25N3O2. The molecule has 0 saturated carbocycles. The number of hydrogen-bond donors (Lipinski definition) is 2. The molecule has 0 aliphatic heterocycles. The van der Waals surface area contributed by atoms with Crippen LogP contribution in [0.2, 0.25) is 0 Å². The molecule has 0 spiro atoms. The lowest BCUT2D eigenvalue weighted by Crippen LogP contribution is -2.35. The average Bonchev–Trinajstić information content (AvgIpc) is 2.44. The molecule has 1 amide bonds. The van der Waals surface area contributed by atoms with E-state index >= 15 is 0 Å². The number of nitrogens with one attached hydrogen (secondary N) is 1. The van der Waals surface area contributed by atoms with E-state index in [2.05, 4.69) is 10.2 Å². The predicted octanol–water partition coefficient (Wildman–Crippen LogP) is 1.35. The lowest BCUT2D eigenvalue weighted by atomic mass is 10.1. The number of nitrogens with two attached hydrogens (primary N) is 1. The van der Waals surface area contributed by atoms with Crippen LogP contribution in [0, 0.1) is 5.92 Å². The molecule has 0 saturated heterocycles. The van der Waals surface area contributed by atoms with E-state index in [4.69, 9.17) is 10.5 Å². The summed E-state index contributed by atoms with van der Waals surface area (Å²) < 4.78 is 5.63. The summed E-state index contributed by atoms with van der Waals surface area (Å²) in [4.78, 5) is 13.6. The van der Waals surface area contributed by atoms with Crippen LogP contribution in [0.5, 0.6) is 5.75 Å². The van der Waals surface area contributed by atoms with Gasteiger partial charge in [0.2, 0.25) is 5.91 Å². The Hall–Kier alpha value is -1.75. The molecule has 112 valence electrons. The number of carbonyl (C=O) groups excluding carboxylic acids is 1. The van der Waals surface area contributed by atoms with Crippen molar-refractivity contribution >= 4 is 11.6 Å². The van der Waals surface area contributed by atoms with E-state index in [1.807, 2.05) is 38.2 Å². The summed E-state index contributed by atoms with van der Waals surface area (Å²) in [5, 5.41) is 2.66. The van der Waals surface area contributed by atoms with Crippen LogP contribution in [-0.4, -0.2) is 44.6 Å². The second-order valence-electron chi connectivity index (χ2n) is 5.02. The third-order valence-corrected chi connectivity index (χ3v) is 3.14. The first-order valence-electron chi connectivity index (χ1n) is 6.92. The summed E-state index contributed by atoms with van der Waals surface area (Å²) in [5.74, 6) is 0.801. The van der Waals surface area contributed by atoms with Gasteiger partial charge in [0.1, 0.15) is 5.75 Å². The molecule has 1 aromatic rings. The molecule has 5 nitrogen and oxygen atoms in total. The molecule has 20 heavy (non-hydrogen) atoms. The van der Waals surface area contributed by atoms with Crippen molar-refractivity contribution in [3.05, 3.63) is 24.3 Å². The zero-order chi connectivity index (χ0) is 15.0. The van der Waals surface area contributed by atoms with Crippen LogP contribution in [0.3, 0.4) is 0 Å². The van der Waals surface area contributed by atoms with Gasteiger partial charge in [0, 0.05) is 26.1 Å². The van der Waals surface area contributed by atoms with Gasteiger partial charge in [0.05, 0.1) is 12.3 Å². The normalized spacial score (nSPS) is 12.2. The van der Waals surface area contributed by atoms with Gasteiger partial charge in [-0.25, -0.2) is 0 Å². The van der Waals surface area contributed by atoms with Crippen LogP contribution in [0.4, 0.5) is 5.69 Å². The summed E-state index contributed by atoms with van der Waals surface area (Å²) in [5.41, 5.74) is 6.46. The van der Waals surface area contributed by atoms with E-state index in [1.54, 1.807) is 7.05 Å². The summed E-state index contributed by atoms with van der Waals surface area (Å²) >= 11 is 0. The number of hydrogen-bond acceptors (Lipinski definition) is 4. The minimum atomic E-state index is -0.00399. The number of nitrogens with zero attached hydrogens (tertiary/aromatic N) is 1. The molecule has 1 rings (SSSR count). The van der Waals surface area contributed by atoms with Gasteiger partial charge < -0.3 is 20.7 Å². The smallest absolute Gasteiger partial charge is 0.223 e.